The molecule has 1 atom stereocenters. The highest BCUT2D eigenvalue weighted by Gasteiger charge is 2.13. The van der Waals surface area contributed by atoms with Crippen LogP contribution in [0.4, 0.5) is 5.69 Å². The van der Waals surface area contributed by atoms with Gasteiger partial charge < -0.3 is 9.73 Å². The highest BCUT2D eigenvalue weighted by atomic mass is 32.1. The molecule has 21 heavy (non-hydrogen) atoms. The largest absolute Gasteiger partial charge is 0.459 e. The Hall–Kier alpha value is -2.14. The molecule has 1 amide bonds. The van der Waals surface area contributed by atoms with Gasteiger partial charge in [0.25, 0.3) is 5.91 Å². The summed E-state index contributed by atoms with van der Waals surface area (Å²) in [6, 6.07) is 11.2. The lowest BCUT2D eigenvalue weighted by molar-refractivity contribution is 0.0950. The summed E-state index contributed by atoms with van der Waals surface area (Å²) in [6.07, 6.45) is 2.48. The van der Waals surface area contributed by atoms with E-state index < -0.39 is 0 Å². The van der Waals surface area contributed by atoms with Crippen LogP contribution in [-0.2, 0) is 0 Å². The molecule has 4 nitrogen and oxygen atoms in total. The Labute approximate surface area is 129 Å². The van der Waals surface area contributed by atoms with Crippen LogP contribution < -0.4 is 10.6 Å². The summed E-state index contributed by atoms with van der Waals surface area (Å²) in [6.45, 7) is 4.30. The molecule has 0 aliphatic heterocycles. The molecule has 0 aliphatic rings. The van der Waals surface area contributed by atoms with Crippen LogP contribution in [-0.4, -0.2) is 11.0 Å². The molecule has 110 valence electrons. The third-order valence-electron chi connectivity index (χ3n) is 3.32. The number of furan rings is 1. The average Bonchev–Trinajstić information content (AvgIpc) is 3.01. The van der Waals surface area contributed by atoms with E-state index in [1.54, 1.807) is 12.1 Å². The molecule has 0 saturated carbocycles. The first-order chi connectivity index (χ1) is 10.1. The van der Waals surface area contributed by atoms with E-state index in [0.717, 1.165) is 12.1 Å². The van der Waals surface area contributed by atoms with Crippen LogP contribution in [0.1, 0.15) is 42.3 Å². The van der Waals surface area contributed by atoms with Gasteiger partial charge in [0.2, 0.25) is 0 Å². The normalized spacial score (nSPS) is 11.7. The van der Waals surface area contributed by atoms with Gasteiger partial charge in [-0.15, -0.1) is 0 Å². The molecule has 0 unspecified atom stereocenters. The van der Waals surface area contributed by atoms with E-state index in [-0.39, 0.29) is 16.8 Å². The van der Waals surface area contributed by atoms with Crippen molar-refractivity contribution < 1.29 is 9.21 Å². The quantitative estimate of drug-likeness (QED) is 0.841. The molecule has 5 heteroatoms. The maximum absolute atomic E-state index is 11.8. The molecule has 0 spiro atoms. The predicted molar refractivity (Wildman–Crippen MR) is 87.5 cm³/mol. The Morgan fingerprint density at radius 1 is 1.29 bits per heavy atom. The van der Waals surface area contributed by atoms with Gasteiger partial charge >= 0.3 is 0 Å². The number of nitrogens with one attached hydrogen (secondary N) is 2. The third-order valence-corrected chi connectivity index (χ3v) is 3.53. The van der Waals surface area contributed by atoms with E-state index in [0.29, 0.717) is 5.92 Å². The summed E-state index contributed by atoms with van der Waals surface area (Å²) in [5.74, 6) is 0.283. The van der Waals surface area contributed by atoms with Crippen LogP contribution in [0.5, 0.6) is 0 Å². The van der Waals surface area contributed by atoms with Crippen LogP contribution in [0.2, 0.25) is 0 Å². The number of thiocarbonyl (C=S) groups is 1. The lowest BCUT2D eigenvalue weighted by atomic mass is 9.97. The van der Waals surface area contributed by atoms with Crippen LogP contribution in [0.3, 0.4) is 0 Å². The number of hydrogen-bond donors (Lipinski definition) is 2. The van der Waals surface area contributed by atoms with Crippen LogP contribution in [0.15, 0.2) is 47.1 Å². The molecule has 1 aromatic heterocycles. The van der Waals surface area contributed by atoms with Gasteiger partial charge in [-0.1, -0.05) is 32.0 Å². The minimum Gasteiger partial charge on any atom is -0.459 e. The zero-order chi connectivity index (χ0) is 15.2. The first-order valence-electron chi connectivity index (χ1n) is 6.86. The lowest BCUT2D eigenvalue weighted by Gasteiger charge is -2.16. The van der Waals surface area contributed by atoms with Crippen molar-refractivity contribution in [2.75, 3.05) is 5.32 Å². The first kappa shape index (κ1) is 15.3. The van der Waals surface area contributed by atoms with Crippen molar-refractivity contribution in [3.05, 3.63) is 54.0 Å². The summed E-state index contributed by atoms with van der Waals surface area (Å²) < 4.78 is 5.03. The summed E-state index contributed by atoms with van der Waals surface area (Å²) in [5, 5.41) is 5.94. The number of rotatable bonds is 4. The molecular weight excluding hydrogens is 284 g/mol. The second-order valence-corrected chi connectivity index (χ2v) is 5.19. The standard InChI is InChI=1S/C16H18N2O2S/c1-3-11(2)12-7-4-5-8-13(12)17-16(21)18-15(19)14-9-6-10-20-14/h4-11H,3H2,1-2H3,(H2,17,18,19,21)/t11-/m0/s1. The molecule has 1 aromatic carbocycles. The number of anilines is 1. The van der Waals surface area contributed by atoms with Gasteiger partial charge in [-0.25, -0.2) is 0 Å². The summed E-state index contributed by atoms with van der Waals surface area (Å²) in [4.78, 5) is 11.8. The monoisotopic (exact) mass is 302 g/mol. The number of para-hydroxylation sites is 1. The minimum absolute atomic E-state index is 0.231. The smallest absolute Gasteiger partial charge is 0.293 e. The van der Waals surface area contributed by atoms with Crippen molar-refractivity contribution in [3.8, 4) is 0 Å². The molecule has 1 heterocycles. The zero-order valence-electron chi connectivity index (χ0n) is 12.1. The van der Waals surface area contributed by atoms with E-state index in [1.807, 2.05) is 18.2 Å². The highest BCUT2D eigenvalue weighted by molar-refractivity contribution is 7.80. The number of carbonyl (C=O) groups is 1. The molecule has 0 saturated heterocycles. The van der Waals surface area contributed by atoms with Gasteiger partial charge in [-0.3, -0.25) is 10.1 Å². The van der Waals surface area contributed by atoms with E-state index in [9.17, 15) is 4.79 Å². The maximum Gasteiger partial charge on any atom is 0.293 e. The average molecular weight is 302 g/mol. The lowest BCUT2D eigenvalue weighted by Crippen LogP contribution is -2.34. The Morgan fingerprint density at radius 2 is 2.05 bits per heavy atom. The van der Waals surface area contributed by atoms with Gasteiger partial charge in [0.15, 0.2) is 10.9 Å². The summed E-state index contributed by atoms with van der Waals surface area (Å²) >= 11 is 5.18. The van der Waals surface area contributed by atoms with Gasteiger partial charge in [0, 0.05) is 5.69 Å². The zero-order valence-corrected chi connectivity index (χ0v) is 12.9. The Balaban J connectivity index is 2.05. The van der Waals surface area contributed by atoms with E-state index in [4.69, 9.17) is 16.6 Å². The van der Waals surface area contributed by atoms with Gasteiger partial charge in [-0.2, -0.15) is 0 Å². The van der Waals surface area contributed by atoms with Crippen LogP contribution in [0.25, 0.3) is 0 Å². The Morgan fingerprint density at radius 3 is 2.71 bits per heavy atom. The first-order valence-corrected chi connectivity index (χ1v) is 7.27. The molecule has 0 aliphatic carbocycles. The fourth-order valence-corrected chi connectivity index (χ4v) is 2.19. The van der Waals surface area contributed by atoms with Crippen molar-refractivity contribution in [3.63, 3.8) is 0 Å². The summed E-state index contributed by atoms with van der Waals surface area (Å²) in [7, 11) is 0. The Kier molecular flexibility index (Phi) is 5.11. The van der Waals surface area contributed by atoms with E-state index in [1.165, 1.54) is 11.8 Å². The van der Waals surface area contributed by atoms with Crippen molar-refractivity contribution >= 4 is 28.9 Å². The van der Waals surface area contributed by atoms with E-state index in [2.05, 4.69) is 30.5 Å². The third kappa shape index (κ3) is 3.92. The number of carbonyl (C=O) groups excluding carboxylic acids is 1. The molecule has 0 bridgehead atoms. The summed E-state index contributed by atoms with van der Waals surface area (Å²) in [5.41, 5.74) is 2.09. The molecule has 0 fully saturated rings. The molecule has 0 radical (unpaired) electrons. The van der Waals surface area contributed by atoms with Crippen molar-refractivity contribution in [2.24, 2.45) is 0 Å². The molecule has 2 rings (SSSR count). The molecule has 2 N–H and O–H groups in total. The fraction of sp³-hybridized carbons (Fsp3) is 0.250. The second-order valence-electron chi connectivity index (χ2n) is 4.78. The minimum atomic E-state index is -0.362. The molecule has 2 aromatic rings. The SMILES string of the molecule is CC[C@H](C)c1ccccc1NC(=S)NC(=O)c1ccco1. The number of hydrogen-bond acceptors (Lipinski definition) is 3. The van der Waals surface area contributed by atoms with Gasteiger partial charge in [-0.05, 0) is 48.3 Å². The predicted octanol–water partition coefficient (Wildman–Crippen LogP) is 3.92. The maximum atomic E-state index is 11.8. The van der Waals surface area contributed by atoms with Crippen molar-refractivity contribution in [1.82, 2.24) is 5.32 Å². The van der Waals surface area contributed by atoms with E-state index >= 15 is 0 Å². The molecular formula is C16H18N2O2S. The number of amides is 1. The fourth-order valence-electron chi connectivity index (χ4n) is 1.99. The van der Waals surface area contributed by atoms with Crippen LogP contribution in [0, 0.1) is 0 Å². The second kappa shape index (κ2) is 7.04. The van der Waals surface area contributed by atoms with Crippen molar-refractivity contribution in [2.45, 2.75) is 26.2 Å². The highest BCUT2D eigenvalue weighted by Crippen LogP contribution is 2.26. The Bertz CT molecular complexity index is 623. The van der Waals surface area contributed by atoms with Crippen LogP contribution >= 0.6 is 12.2 Å². The topological polar surface area (TPSA) is 54.3 Å². The number of benzene rings is 1. The van der Waals surface area contributed by atoms with Crippen molar-refractivity contribution in [1.29, 1.82) is 0 Å². The van der Waals surface area contributed by atoms with Gasteiger partial charge in [0.05, 0.1) is 6.26 Å². The van der Waals surface area contributed by atoms with Gasteiger partial charge in [0.1, 0.15) is 0 Å².